The van der Waals surface area contributed by atoms with Crippen LogP contribution in [0.25, 0.3) is 0 Å². The fourth-order valence-electron chi connectivity index (χ4n) is 4.62. The molecule has 1 aliphatic heterocycles. The first kappa shape index (κ1) is 28.9. The van der Waals surface area contributed by atoms with Gasteiger partial charge in [0.15, 0.2) is 11.5 Å². The average Bonchev–Trinajstić information content (AvgIpc) is 2.94. The zero-order chi connectivity index (χ0) is 28.7. The highest BCUT2D eigenvalue weighted by molar-refractivity contribution is 7.92. The van der Waals surface area contributed by atoms with Gasteiger partial charge in [-0.15, -0.1) is 0 Å². The Balaban J connectivity index is 1.72. The van der Waals surface area contributed by atoms with Crippen molar-refractivity contribution in [1.82, 2.24) is 10.2 Å². The predicted molar refractivity (Wildman–Crippen MR) is 154 cm³/mol. The number of ether oxygens (including phenoxy) is 2. The van der Waals surface area contributed by atoms with E-state index in [-0.39, 0.29) is 24.6 Å². The number of amides is 2. The van der Waals surface area contributed by atoms with Crippen molar-refractivity contribution in [2.45, 2.75) is 32.9 Å². The Morgan fingerprint density at radius 3 is 2.30 bits per heavy atom. The minimum absolute atomic E-state index is 0.138. The summed E-state index contributed by atoms with van der Waals surface area (Å²) in [6.07, 6.45) is 1.32. The molecule has 40 heavy (non-hydrogen) atoms. The highest BCUT2D eigenvalue weighted by atomic mass is 32.2. The first-order chi connectivity index (χ1) is 19.2. The highest BCUT2D eigenvalue weighted by Crippen LogP contribution is 2.34. The number of nitrogens with one attached hydrogen (secondary N) is 1. The number of anilines is 1. The van der Waals surface area contributed by atoms with Crippen molar-refractivity contribution in [2.75, 3.05) is 36.9 Å². The maximum atomic E-state index is 14.1. The van der Waals surface area contributed by atoms with Crippen LogP contribution in [0.2, 0.25) is 0 Å². The number of likely N-dealkylation sites (N-methyl/N-ethyl adjacent to an activating group) is 1. The number of aryl methyl sites for hydroxylation is 1. The summed E-state index contributed by atoms with van der Waals surface area (Å²) in [7, 11) is -3.88. The maximum absolute atomic E-state index is 14.1. The number of carbonyl (C=O) groups excluding carboxylic acids is 2. The number of sulfonamides is 1. The topological polar surface area (TPSA) is 105 Å². The molecule has 0 unspecified atom stereocenters. The lowest BCUT2D eigenvalue weighted by molar-refractivity contribution is -0.140. The van der Waals surface area contributed by atoms with Gasteiger partial charge in [-0.2, -0.15) is 0 Å². The third-order valence-corrected chi connectivity index (χ3v) is 7.86. The van der Waals surface area contributed by atoms with E-state index in [1.165, 1.54) is 4.90 Å². The van der Waals surface area contributed by atoms with E-state index in [2.05, 4.69) is 5.32 Å². The van der Waals surface area contributed by atoms with E-state index in [0.717, 1.165) is 27.3 Å². The minimum atomic E-state index is -3.88. The van der Waals surface area contributed by atoms with Crippen molar-refractivity contribution in [1.29, 1.82) is 0 Å². The van der Waals surface area contributed by atoms with Gasteiger partial charge < -0.3 is 19.7 Å². The van der Waals surface area contributed by atoms with Gasteiger partial charge in [-0.1, -0.05) is 54.6 Å². The van der Waals surface area contributed by atoms with Crippen LogP contribution in [-0.4, -0.2) is 63.7 Å². The minimum Gasteiger partial charge on any atom is -0.486 e. The molecule has 9 nitrogen and oxygen atoms in total. The van der Waals surface area contributed by atoms with Crippen molar-refractivity contribution < 1.29 is 27.5 Å². The van der Waals surface area contributed by atoms with Crippen LogP contribution in [0.4, 0.5) is 5.69 Å². The molecular weight excluding hydrogens is 530 g/mol. The third-order valence-electron chi connectivity index (χ3n) is 6.72. The zero-order valence-corrected chi connectivity index (χ0v) is 23.8. The monoisotopic (exact) mass is 565 g/mol. The number of benzene rings is 3. The largest absolute Gasteiger partial charge is 0.486 e. The number of hydrogen-bond acceptors (Lipinski definition) is 6. The Bertz CT molecular complexity index is 1440. The Morgan fingerprint density at radius 2 is 1.62 bits per heavy atom. The fraction of sp³-hybridized carbons (Fsp3) is 0.333. The van der Waals surface area contributed by atoms with E-state index in [9.17, 15) is 18.0 Å². The van der Waals surface area contributed by atoms with E-state index in [1.807, 2.05) is 68.4 Å². The molecule has 1 atom stereocenters. The van der Waals surface area contributed by atoms with E-state index in [0.29, 0.717) is 31.3 Å². The van der Waals surface area contributed by atoms with Gasteiger partial charge in [0.2, 0.25) is 21.8 Å². The van der Waals surface area contributed by atoms with E-state index < -0.39 is 28.5 Å². The number of fused-ring (bicyclic) bond motifs is 1. The molecule has 0 saturated carbocycles. The molecule has 0 saturated heterocycles. The van der Waals surface area contributed by atoms with Gasteiger partial charge >= 0.3 is 0 Å². The average molecular weight is 566 g/mol. The van der Waals surface area contributed by atoms with Crippen LogP contribution in [0, 0.1) is 6.92 Å². The maximum Gasteiger partial charge on any atom is 0.244 e. The van der Waals surface area contributed by atoms with Crippen LogP contribution < -0.4 is 19.1 Å². The molecule has 1 N–H and O–H groups in total. The van der Waals surface area contributed by atoms with E-state index in [4.69, 9.17) is 9.47 Å². The van der Waals surface area contributed by atoms with Gasteiger partial charge in [0.05, 0.1) is 11.9 Å². The summed E-state index contributed by atoms with van der Waals surface area (Å²) in [5, 5.41) is 2.86. The molecule has 1 aliphatic rings. The van der Waals surface area contributed by atoms with Crippen LogP contribution in [0.3, 0.4) is 0 Å². The van der Waals surface area contributed by atoms with Crippen molar-refractivity contribution >= 4 is 27.5 Å². The summed E-state index contributed by atoms with van der Waals surface area (Å²) in [5.41, 5.74) is 2.98. The van der Waals surface area contributed by atoms with Gasteiger partial charge in [0.1, 0.15) is 25.8 Å². The molecule has 0 aliphatic carbocycles. The summed E-state index contributed by atoms with van der Waals surface area (Å²) >= 11 is 0. The molecule has 212 valence electrons. The lowest BCUT2D eigenvalue weighted by atomic mass is 10.0. The van der Waals surface area contributed by atoms with Crippen LogP contribution in [0.1, 0.15) is 23.6 Å². The molecule has 1 heterocycles. The van der Waals surface area contributed by atoms with Gasteiger partial charge in [-0.25, -0.2) is 8.42 Å². The number of rotatable bonds is 11. The second kappa shape index (κ2) is 12.9. The first-order valence-corrected chi connectivity index (χ1v) is 15.0. The summed E-state index contributed by atoms with van der Waals surface area (Å²) in [6.45, 7) is 4.53. The van der Waals surface area contributed by atoms with Crippen LogP contribution in [0.15, 0.2) is 72.8 Å². The normalized spacial score (nSPS) is 13.3. The molecular formula is C30H35N3O6S. The first-order valence-electron chi connectivity index (χ1n) is 13.2. The molecule has 0 aromatic heterocycles. The van der Waals surface area contributed by atoms with Crippen molar-refractivity contribution in [3.63, 3.8) is 0 Å². The van der Waals surface area contributed by atoms with E-state index >= 15 is 0 Å². The summed E-state index contributed by atoms with van der Waals surface area (Å²) in [6, 6.07) is 21.0. The van der Waals surface area contributed by atoms with Crippen LogP contribution >= 0.6 is 0 Å². The van der Waals surface area contributed by atoms with Gasteiger partial charge in [-0.3, -0.25) is 13.9 Å². The Morgan fingerprint density at radius 1 is 0.950 bits per heavy atom. The molecule has 10 heteroatoms. The van der Waals surface area contributed by atoms with Crippen molar-refractivity contribution in [2.24, 2.45) is 0 Å². The Hall–Kier alpha value is -4.05. The Kier molecular flexibility index (Phi) is 9.31. The molecule has 0 bridgehead atoms. The number of carbonyl (C=O) groups is 2. The van der Waals surface area contributed by atoms with Crippen LogP contribution in [0.5, 0.6) is 11.5 Å². The number of hydrogen-bond donors (Lipinski definition) is 1. The molecule has 2 amide bonds. The smallest absolute Gasteiger partial charge is 0.244 e. The van der Waals surface area contributed by atoms with Gasteiger partial charge in [-0.05, 0) is 42.7 Å². The molecule has 0 spiro atoms. The van der Waals surface area contributed by atoms with Gasteiger partial charge in [0, 0.05) is 25.6 Å². The molecule has 3 aromatic rings. The molecule has 0 fully saturated rings. The lowest BCUT2D eigenvalue weighted by Crippen LogP contribution is -2.53. The van der Waals surface area contributed by atoms with Crippen LogP contribution in [-0.2, 0) is 32.6 Å². The van der Waals surface area contributed by atoms with Crippen molar-refractivity contribution in [3.8, 4) is 11.5 Å². The molecule has 4 rings (SSSR count). The second-order valence-electron chi connectivity index (χ2n) is 9.65. The summed E-state index contributed by atoms with van der Waals surface area (Å²) in [5.74, 6) is 0.107. The second-order valence-corrected chi connectivity index (χ2v) is 11.6. The van der Waals surface area contributed by atoms with Crippen molar-refractivity contribution in [3.05, 3.63) is 89.5 Å². The predicted octanol–water partition coefficient (Wildman–Crippen LogP) is 3.31. The van der Waals surface area contributed by atoms with E-state index in [1.54, 1.807) is 18.2 Å². The van der Waals surface area contributed by atoms with Gasteiger partial charge in [0.25, 0.3) is 0 Å². The quantitative estimate of drug-likeness (QED) is 0.383. The Labute approximate surface area is 235 Å². The highest BCUT2D eigenvalue weighted by Gasteiger charge is 2.33. The standard InChI is InChI=1S/C30H35N3O6S/c1-4-31-30(35)26(18-23-11-6-5-7-12-23)32(20-24-13-9-8-10-22(24)2)29(34)21-33(40(3,36)37)25-14-15-27-28(19-25)39-17-16-38-27/h5-15,19,26H,4,16-18,20-21H2,1-3H3,(H,31,35)/t26-/m1/s1. The molecule has 0 radical (unpaired) electrons. The zero-order valence-electron chi connectivity index (χ0n) is 23.0. The fourth-order valence-corrected chi connectivity index (χ4v) is 5.46. The number of nitrogens with zero attached hydrogens (tertiary/aromatic N) is 2. The SMILES string of the molecule is CCNC(=O)[C@@H](Cc1ccccc1)N(Cc1ccccc1C)C(=O)CN(c1ccc2c(c1)OCCO2)S(C)(=O)=O. The lowest BCUT2D eigenvalue weighted by Gasteiger charge is -2.34. The summed E-state index contributed by atoms with van der Waals surface area (Å²) in [4.78, 5) is 29.0. The summed E-state index contributed by atoms with van der Waals surface area (Å²) < 4.78 is 38.2. The molecule has 3 aromatic carbocycles. The third kappa shape index (κ3) is 7.12.